The minimum absolute atomic E-state index is 0.548. The molecule has 2 nitrogen and oxygen atoms in total. The fraction of sp³-hybridized carbons (Fsp3) is 0.0256. The Labute approximate surface area is 472 Å². The zero-order valence-corrected chi connectivity index (χ0v) is 44.7. The molecule has 3 heteroatoms. The molecular formula is C78H46N2S. The molecule has 1 atom stereocenters. The zero-order valence-electron chi connectivity index (χ0n) is 43.9. The summed E-state index contributed by atoms with van der Waals surface area (Å²) in [5.41, 5.74) is 26.7. The Morgan fingerprint density at radius 2 is 0.815 bits per heavy atom. The van der Waals surface area contributed by atoms with Crippen molar-refractivity contribution in [2.75, 3.05) is 4.90 Å². The molecule has 0 bridgehead atoms. The molecule has 2 aromatic heterocycles. The van der Waals surface area contributed by atoms with Gasteiger partial charge in [0.25, 0.3) is 0 Å². The number of thiophene rings is 1. The molecule has 374 valence electrons. The van der Waals surface area contributed by atoms with Gasteiger partial charge >= 0.3 is 0 Å². The zero-order chi connectivity index (χ0) is 52.7. The molecular weight excluding hydrogens is 997 g/mol. The average molecular weight is 1040 g/mol. The van der Waals surface area contributed by atoms with Gasteiger partial charge in [-0.05, 0) is 137 Å². The standard InChI is InChI=1S/C78H46N2S/c1-2-24-54-52(22-1)70(46-66-73(54)56-25-5-11-32-61(56)77(66)59-30-9-3-20-50(59)51-21-4-10-31-60(51)77)79(48-44-42-47(43-45-48)49-28-18-41-72-74(49)58-27-8-16-40-71(58)81-72)69-39-19-35-64-75(69)57-26-6-12-33-62(57)78(64)63-34-13-15-38-68(63)80-67-37-14-7-23-53(67)55-29-17-36-65(78)76(55)80/h1-46H. The summed E-state index contributed by atoms with van der Waals surface area (Å²) in [6.07, 6.45) is 0. The molecule has 0 fully saturated rings. The Kier molecular flexibility index (Phi) is 8.57. The summed E-state index contributed by atoms with van der Waals surface area (Å²) in [7, 11) is 0. The molecule has 1 unspecified atom stereocenters. The number of anilines is 3. The van der Waals surface area contributed by atoms with Crippen molar-refractivity contribution < 1.29 is 0 Å². The van der Waals surface area contributed by atoms with E-state index >= 15 is 0 Å². The first-order valence-corrected chi connectivity index (χ1v) is 29.1. The van der Waals surface area contributed by atoms with Crippen LogP contribution in [0.1, 0.15) is 44.5 Å². The molecule has 13 aromatic carbocycles. The number of rotatable bonds is 4. The van der Waals surface area contributed by atoms with Crippen LogP contribution in [-0.2, 0) is 10.8 Å². The van der Waals surface area contributed by atoms with Crippen molar-refractivity contribution >= 4 is 81.1 Å². The van der Waals surface area contributed by atoms with Gasteiger partial charge in [0, 0.05) is 47.6 Å². The largest absolute Gasteiger partial charge is 0.309 e. The lowest BCUT2D eigenvalue weighted by atomic mass is 9.65. The Morgan fingerprint density at radius 3 is 1.57 bits per heavy atom. The van der Waals surface area contributed by atoms with Crippen molar-refractivity contribution in [3.05, 3.63) is 324 Å². The van der Waals surface area contributed by atoms with Gasteiger partial charge in [0.05, 0.1) is 38.9 Å². The van der Waals surface area contributed by atoms with Crippen molar-refractivity contribution in [1.82, 2.24) is 4.57 Å². The van der Waals surface area contributed by atoms with E-state index in [2.05, 4.69) is 289 Å². The number of nitrogens with zero attached hydrogens (tertiary/aromatic N) is 2. The van der Waals surface area contributed by atoms with Gasteiger partial charge < -0.3 is 9.47 Å². The van der Waals surface area contributed by atoms with Crippen LogP contribution in [0.4, 0.5) is 17.1 Å². The smallest absolute Gasteiger partial charge is 0.0755 e. The van der Waals surface area contributed by atoms with Crippen molar-refractivity contribution in [1.29, 1.82) is 0 Å². The van der Waals surface area contributed by atoms with Crippen LogP contribution in [0, 0.1) is 0 Å². The second kappa shape index (κ2) is 15.8. The molecule has 2 spiro atoms. The number of aromatic nitrogens is 1. The number of benzene rings is 13. The molecule has 3 aliphatic carbocycles. The summed E-state index contributed by atoms with van der Waals surface area (Å²) in [5.74, 6) is 0. The quantitative estimate of drug-likeness (QED) is 0.171. The van der Waals surface area contributed by atoms with E-state index in [1.54, 1.807) is 0 Å². The van der Waals surface area contributed by atoms with Crippen LogP contribution in [0.5, 0.6) is 0 Å². The maximum atomic E-state index is 2.64. The van der Waals surface area contributed by atoms with Crippen LogP contribution in [-0.4, -0.2) is 4.57 Å². The van der Waals surface area contributed by atoms with E-state index in [0.717, 1.165) is 17.1 Å². The minimum Gasteiger partial charge on any atom is -0.309 e. The molecule has 0 saturated heterocycles. The first kappa shape index (κ1) is 43.9. The van der Waals surface area contributed by atoms with E-state index in [4.69, 9.17) is 0 Å². The Balaban J connectivity index is 0.933. The monoisotopic (exact) mass is 1040 g/mol. The van der Waals surface area contributed by atoms with Crippen LogP contribution in [0.15, 0.2) is 279 Å². The van der Waals surface area contributed by atoms with Crippen molar-refractivity contribution in [2.24, 2.45) is 0 Å². The van der Waals surface area contributed by atoms with Gasteiger partial charge in [-0.25, -0.2) is 0 Å². The molecule has 4 aliphatic rings. The van der Waals surface area contributed by atoms with E-state index in [9.17, 15) is 0 Å². The summed E-state index contributed by atoms with van der Waals surface area (Å²) < 4.78 is 5.16. The van der Waals surface area contributed by atoms with Gasteiger partial charge in [-0.2, -0.15) is 0 Å². The number of hydrogen-bond acceptors (Lipinski definition) is 2. The fourth-order valence-electron chi connectivity index (χ4n) is 16.1. The summed E-state index contributed by atoms with van der Waals surface area (Å²) >= 11 is 1.88. The minimum atomic E-state index is -0.622. The number of para-hydroxylation sites is 3. The topological polar surface area (TPSA) is 8.17 Å². The van der Waals surface area contributed by atoms with Gasteiger partial charge in [-0.15, -0.1) is 11.3 Å². The summed E-state index contributed by atoms with van der Waals surface area (Å²) in [4.78, 5) is 2.64. The molecule has 0 radical (unpaired) electrons. The SMILES string of the molecule is c1ccc2c(c1)-c1ccccc1C21c2ccccc2-c2c1cc(N(c1ccc(-c3cccc4sc5ccccc5c34)cc1)c1cccc3c1-c1ccccc1C31c3ccccc3-n3c4ccccc4c4cccc1c43)c1ccccc21. The lowest BCUT2D eigenvalue weighted by molar-refractivity contribution is 0.748. The highest BCUT2D eigenvalue weighted by atomic mass is 32.1. The van der Waals surface area contributed by atoms with Crippen molar-refractivity contribution in [2.45, 2.75) is 10.8 Å². The predicted octanol–water partition coefficient (Wildman–Crippen LogP) is 20.5. The fourth-order valence-corrected chi connectivity index (χ4v) is 17.2. The second-order valence-corrected chi connectivity index (χ2v) is 23.6. The van der Waals surface area contributed by atoms with Gasteiger partial charge in [-0.1, -0.05) is 231 Å². The Morgan fingerprint density at radius 1 is 0.309 bits per heavy atom. The van der Waals surface area contributed by atoms with E-state index in [-0.39, 0.29) is 0 Å². The normalized spacial score (nSPS) is 15.3. The molecule has 0 saturated carbocycles. The summed E-state index contributed by atoms with van der Waals surface area (Å²) in [6.45, 7) is 0. The molecule has 0 N–H and O–H groups in total. The van der Waals surface area contributed by atoms with Gasteiger partial charge in [0.1, 0.15) is 0 Å². The average Bonchev–Trinajstić information content (AvgIpc) is 4.41. The predicted molar refractivity (Wildman–Crippen MR) is 338 cm³/mol. The van der Waals surface area contributed by atoms with Crippen LogP contribution in [0.2, 0.25) is 0 Å². The highest BCUT2D eigenvalue weighted by Gasteiger charge is 2.54. The van der Waals surface area contributed by atoms with Crippen LogP contribution in [0.3, 0.4) is 0 Å². The van der Waals surface area contributed by atoms with Crippen molar-refractivity contribution in [3.8, 4) is 50.2 Å². The summed E-state index contributed by atoms with van der Waals surface area (Å²) in [6, 6.07) is 106. The lowest BCUT2D eigenvalue weighted by Gasteiger charge is -2.39. The molecule has 0 amide bonds. The molecule has 15 aromatic rings. The van der Waals surface area contributed by atoms with Gasteiger partial charge in [0.15, 0.2) is 0 Å². The first-order chi connectivity index (χ1) is 40.2. The third-order valence-corrected chi connectivity index (χ3v) is 20.1. The Hall–Kier alpha value is -10.1. The van der Waals surface area contributed by atoms with Gasteiger partial charge in [-0.3, -0.25) is 0 Å². The van der Waals surface area contributed by atoms with Gasteiger partial charge in [0.2, 0.25) is 0 Å². The third kappa shape index (κ3) is 5.34. The summed E-state index contributed by atoms with van der Waals surface area (Å²) in [5, 5.41) is 7.63. The van der Waals surface area contributed by atoms with Crippen LogP contribution >= 0.6 is 11.3 Å². The maximum absolute atomic E-state index is 2.64. The van der Waals surface area contributed by atoms with E-state index in [1.165, 1.54) is 147 Å². The molecule has 19 rings (SSSR count). The maximum Gasteiger partial charge on any atom is 0.0755 e. The molecule has 81 heavy (non-hydrogen) atoms. The highest BCUT2D eigenvalue weighted by molar-refractivity contribution is 7.26. The first-order valence-electron chi connectivity index (χ1n) is 28.2. The molecule has 3 heterocycles. The second-order valence-electron chi connectivity index (χ2n) is 22.5. The van der Waals surface area contributed by atoms with E-state index in [1.807, 2.05) is 11.3 Å². The van der Waals surface area contributed by atoms with E-state index < -0.39 is 10.8 Å². The molecule has 1 aliphatic heterocycles. The Bertz CT molecular complexity index is 5220. The highest BCUT2D eigenvalue weighted by Crippen LogP contribution is 2.67. The third-order valence-electron chi connectivity index (χ3n) is 19.0. The van der Waals surface area contributed by atoms with Crippen LogP contribution in [0.25, 0.3) is 103 Å². The van der Waals surface area contributed by atoms with E-state index in [0.29, 0.717) is 0 Å². The lowest BCUT2D eigenvalue weighted by Crippen LogP contribution is -2.33. The van der Waals surface area contributed by atoms with Crippen molar-refractivity contribution in [3.63, 3.8) is 0 Å². The number of hydrogen-bond donors (Lipinski definition) is 0. The number of fused-ring (bicyclic) bond motifs is 27. The van der Waals surface area contributed by atoms with Crippen LogP contribution < -0.4 is 4.90 Å².